The Morgan fingerprint density at radius 1 is 1.12 bits per heavy atom. The van der Waals surface area contributed by atoms with Crippen LogP contribution < -0.4 is 10.6 Å². The summed E-state index contributed by atoms with van der Waals surface area (Å²) in [5, 5.41) is 5.88. The summed E-state index contributed by atoms with van der Waals surface area (Å²) in [4.78, 5) is 43.8. The van der Waals surface area contributed by atoms with Gasteiger partial charge in [0, 0.05) is 52.0 Å². The summed E-state index contributed by atoms with van der Waals surface area (Å²) in [6.45, 7) is 7.83. The summed E-state index contributed by atoms with van der Waals surface area (Å²) < 4.78 is 5.39. The molecule has 1 saturated heterocycles. The van der Waals surface area contributed by atoms with E-state index in [0.717, 1.165) is 24.9 Å². The van der Waals surface area contributed by atoms with E-state index >= 15 is 0 Å². The third-order valence-corrected chi connectivity index (χ3v) is 5.98. The molecule has 1 fully saturated rings. The highest BCUT2D eigenvalue weighted by atomic mass is 16.5. The topological polar surface area (TPSA) is 94.2 Å². The number of likely N-dealkylation sites (N-methyl/N-ethyl adjacent to an activating group) is 1. The van der Waals surface area contributed by atoms with E-state index in [1.54, 1.807) is 14.0 Å². The Balaban J connectivity index is 1.85. The Hall–Kier alpha value is -3.07. The first-order valence-electron chi connectivity index (χ1n) is 11.7. The summed E-state index contributed by atoms with van der Waals surface area (Å²) in [5.41, 5.74) is 1.91. The van der Waals surface area contributed by atoms with Gasteiger partial charge in [-0.15, -0.1) is 0 Å². The average Bonchev–Trinajstić information content (AvgIpc) is 3.06. The van der Waals surface area contributed by atoms with Crippen LogP contribution in [0.4, 0.5) is 9.59 Å². The van der Waals surface area contributed by atoms with Gasteiger partial charge in [-0.3, -0.25) is 9.80 Å². The third-order valence-electron chi connectivity index (χ3n) is 5.98. The van der Waals surface area contributed by atoms with Gasteiger partial charge < -0.3 is 20.3 Å². The third kappa shape index (κ3) is 6.04. The van der Waals surface area contributed by atoms with E-state index in [1.165, 1.54) is 4.90 Å². The fraction of sp³-hybridized carbons (Fsp3) is 0.542. The molecule has 33 heavy (non-hydrogen) atoms. The number of hydrogen-bond acceptors (Lipinski definition) is 5. The van der Waals surface area contributed by atoms with Gasteiger partial charge in [-0.25, -0.2) is 14.4 Å². The zero-order valence-corrected chi connectivity index (χ0v) is 19.8. The molecule has 9 heteroatoms. The average molecular weight is 458 g/mol. The number of esters is 1. The van der Waals surface area contributed by atoms with Crippen LogP contribution in [0.25, 0.3) is 0 Å². The molecule has 0 radical (unpaired) electrons. The van der Waals surface area contributed by atoms with Gasteiger partial charge in [0.25, 0.3) is 0 Å². The molecule has 2 aliphatic heterocycles. The Kier molecular flexibility index (Phi) is 8.71. The predicted molar refractivity (Wildman–Crippen MR) is 125 cm³/mol. The van der Waals surface area contributed by atoms with E-state index in [2.05, 4.69) is 15.5 Å². The molecule has 180 valence electrons. The van der Waals surface area contributed by atoms with Crippen molar-refractivity contribution < 1.29 is 19.1 Å². The number of benzene rings is 1. The summed E-state index contributed by atoms with van der Waals surface area (Å²) in [7, 11) is 1.67. The summed E-state index contributed by atoms with van der Waals surface area (Å²) in [6, 6.07) is 8.58. The fourth-order valence-corrected chi connectivity index (χ4v) is 4.18. The van der Waals surface area contributed by atoms with E-state index in [4.69, 9.17) is 4.74 Å². The Labute approximate surface area is 195 Å². The van der Waals surface area contributed by atoms with Gasteiger partial charge in [0.15, 0.2) is 0 Å². The molecule has 0 bridgehead atoms. The number of carbonyl (C=O) groups is 3. The number of nitrogens with one attached hydrogen (secondary N) is 2. The second-order valence-corrected chi connectivity index (χ2v) is 8.28. The van der Waals surface area contributed by atoms with Gasteiger partial charge in [0.2, 0.25) is 0 Å². The zero-order valence-electron chi connectivity index (χ0n) is 19.8. The van der Waals surface area contributed by atoms with Gasteiger partial charge in [0.05, 0.1) is 18.2 Å². The summed E-state index contributed by atoms with van der Waals surface area (Å²) >= 11 is 0. The van der Waals surface area contributed by atoms with E-state index in [9.17, 15) is 14.4 Å². The van der Waals surface area contributed by atoms with E-state index in [-0.39, 0.29) is 18.7 Å². The number of carbonyl (C=O) groups excluding carboxylic acids is 3. The highest BCUT2D eigenvalue weighted by molar-refractivity contribution is 5.95. The summed E-state index contributed by atoms with van der Waals surface area (Å²) in [5.74, 6) is -0.427. The molecule has 1 unspecified atom stereocenters. The lowest BCUT2D eigenvalue weighted by Gasteiger charge is -2.36. The van der Waals surface area contributed by atoms with Crippen LogP contribution in [0.1, 0.15) is 38.3 Å². The maximum Gasteiger partial charge on any atom is 0.338 e. The Morgan fingerprint density at radius 2 is 1.88 bits per heavy atom. The molecule has 1 atom stereocenters. The first-order chi connectivity index (χ1) is 16.0. The molecule has 1 aromatic rings. The van der Waals surface area contributed by atoms with Crippen molar-refractivity contribution in [1.29, 1.82) is 0 Å². The predicted octanol–water partition coefficient (Wildman–Crippen LogP) is 2.33. The number of nitrogens with zero attached hydrogens (tertiary/aromatic N) is 3. The SMILES string of the molecule is CCCNC(=O)N1CCCN(CC2=C(C(=O)OCC)C(c3ccccc3)NC(=O)N2C)CC1. The van der Waals surface area contributed by atoms with Crippen molar-refractivity contribution in [2.75, 3.05) is 52.9 Å². The smallest absolute Gasteiger partial charge is 0.338 e. The molecular formula is C24H35N5O4. The van der Waals surface area contributed by atoms with Gasteiger partial charge in [0.1, 0.15) is 0 Å². The van der Waals surface area contributed by atoms with Crippen molar-refractivity contribution in [3.8, 4) is 0 Å². The van der Waals surface area contributed by atoms with Crippen LogP contribution >= 0.6 is 0 Å². The zero-order chi connectivity index (χ0) is 23.8. The van der Waals surface area contributed by atoms with Crippen molar-refractivity contribution in [2.45, 2.75) is 32.7 Å². The minimum Gasteiger partial charge on any atom is -0.463 e. The van der Waals surface area contributed by atoms with Crippen LogP contribution in [0.3, 0.4) is 0 Å². The summed E-state index contributed by atoms with van der Waals surface area (Å²) in [6.07, 6.45) is 1.72. The molecule has 9 nitrogen and oxygen atoms in total. The molecule has 3 rings (SSSR count). The van der Waals surface area contributed by atoms with Crippen LogP contribution in [0.2, 0.25) is 0 Å². The lowest BCUT2D eigenvalue weighted by atomic mass is 9.94. The van der Waals surface area contributed by atoms with Gasteiger partial charge in [-0.1, -0.05) is 37.3 Å². The lowest BCUT2D eigenvalue weighted by Crippen LogP contribution is -2.49. The maximum absolute atomic E-state index is 13.1. The van der Waals surface area contributed by atoms with Crippen LogP contribution in [0, 0.1) is 0 Å². The maximum atomic E-state index is 13.1. The molecule has 2 heterocycles. The van der Waals surface area contributed by atoms with Crippen molar-refractivity contribution in [2.24, 2.45) is 0 Å². The molecule has 0 aliphatic carbocycles. The largest absolute Gasteiger partial charge is 0.463 e. The van der Waals surface area contributed by atoms with Crippen molar-refractivity contribution in [1.82, 2.24) is 25.3 Å². The van der Waals surface area contributed by atoms with Gasteiger partial charge in [-0.05, 0) is 25.3 Å². The molecule has 1 aromatic carbocycles. The standard InChI is InChI=1S/C24H35N5O4/c1-4-12-25-23(31)29-14-9-13-28(15-16-29)17-19-20(22(30)33-5-2)21(26-24(32)27(19)3)18-10-7-6-8-11-18/h6-8,10-11,21H,4-5,9,12-17H2,1-3H3,(H,25,31)(H,26,32). The van der Waals surface area contributed by atoms with Gasteiger partial charge >= 0.3 is 18.0 Å². The van der Waals surface area contributed by atoms with Crippen LogP contribution in [-0.2, 0) is 9.53 Å². The second-order valence-electron chi connectivity index (χ2n) is 8.28. The Bertz CT molecular complexity index is 873. The first kappa shape index (κ1) is 24.6. The fourth-order valence-electron chi connectivity index (χ4n) is 4.18. The highest BCUT2D eigenvalue weighted by Gasteiger charge is 2.37. The van der Waals surface area contributed by atoms with E-state index in [0.29, 0.717) is 44.0 Å². The van der Waals surface area contributed by atoms with Gasteiger partial charge in [-0.2, -0.15) is 0 Å². The van der Waals surface area contributed by atoms with E-state index in [1.807, 2.05) is 42.2 Å². The number of hydrogen-bond donors (Lipinski definition) is 2. The minimum atomic E-state index is -0.577. The number of amides is 4. The minimum absolute atomic E-state index is 0.0385. The molecule has 0 spiro atoms. The highest BCUT2D eigenvalue weighted by Crippen LogP contribution is 2.31. The van der Waals surface area contributed by atoms with Crippen LogP contribution in [-0.4, -0.2) is 85.7 Å². The molecule has 2 aliphatic rings. The monoisotopic (exact) mass is 457 g/mol. The number of rotatable bonds is 7. The Morgan fingerprint density at radius 3 is 2.58 bits per heavy atom. The quantitative estimate of drug-likeness (QED) is 0.613. The van der Waals surface area contributed by atoms with Crippen molar-refractivity contribution >= 4 is 18.0 Å². The molecule has 0 saturated carbocycles. The van der Waals surface area contributed by atoms with Crippen molar-refractivity contribution in [3.63, 3.8) is 0 Å². The van der Waals surface area contributed by atoms with Crippen molar-refractivity contribution in [3.05, 3.63) is 47.2 Å². The van der Waals surface area contributed by atoms with Crippen LogP contribution in [0.5, 0.6) is 0 Å². The molecule has 4 amide bonds. The number of ether oxygens (including phenoxy) is 1. The van der Waals surface area contributed by atoms with E-state index < -0.39 is 12.0 Å². The second kappa shape index (κ2) is 11.7. The molecule has 2 N–H and O–H groups in total. The molecular weight excluding hydrogens is 422 g/mol. The molecule has 0 aromatic heterocycles. The lowest BCUT2D eigenvalue weighted by molar-refractivity contribution is -0.139. The first-order valence-corrected chi connectivity index (χ1v) is 11.7. The normalized spacial score (nSPS) is 19.7. The van der Waals surface area contributed by atoms with Crippen LogP contribution in [0.15, 0.2) is 41.6 Å². The number of urea groups is 2.